The molecular formula is C15H15NOS. The van der Waals surface area contributed by atoms with Gasteiger partial charge in [-0.25, -0.2) is 0 Å². The minimum Gasteiger partial charge on any atom is -0.392 e. The van der Waals surface area contributed by atoms with E-state index in [4.69, 9.17) is 0 Å². The Hall–Kier alpha value is -1.58. The molecule has 0 bridgehead atoms. The van der Waals surface area contributed by atoms with Crippen LogP contribution in [0, 0.1) is 6.92 Å². The van der Waals surface area contributed by atoms with Crippen molar-refractivity contribution in [1.29, 1.82) is 0 Å². The molecule has 0 aliphatic carbocycles. The summed E-state index contributed by atoms with van der Waals surface area (Å²) in [6.07, 6.45) is 0. The largest absolute Gasteiger partial charge is 0.392 e. The molecule has 0 amide bonds. The van der Waals surface area contributed by atoms with Crippen molar-refractivity contribution in [1.82, 2.24) is 4.57 Å². The molecule has 0 saturated carbocycles. The summed E-state index contributed by atoms with van der Waals surface area (Å²) in [6, 6.07) is 10.5. The monoisotopic (exact) mass is 257 g/mol. The van der Waals surface area contributed by atoms with E-state index >= 15 is 0 Å². The predicted octanol–water partition coefficient (Wildman–Crippen LogP) is 3.71. The lowest BCUT2D eigenvalue weighted by atomic mass is 10.1. The first kappa shape index (κ1) is 11.5. The van der Waals surface area contributed by atoms with Gasteiger partial charge in [0.1, 0.15) is 0 Å². The lowest BCUT2D eigenvalue weighted by Crippen LogP contribution is -1.94. The standard InChI is InChI=1S/C15H15NOS/c1-10-11(8-17)7-14(16(10)2)13-9-18-15-6-4-3-5-12(13)15/h3-7,9,17H,8H2,1-2H3. The minimum atomic E-state index is 0.0990. The van der Waals surface area contributed by atoms with E-state index in [-0.39, 0.29) is 6.61 Å². The van der Waals surface area contributed by atoms with Gasteiger partial charge in [0.05, 0.1) is 6.61 Å². The molecule has 1 N–H and O–H groups in total. The van der Waals surface area contributed by atoms with Gasteiger partial charge in [0, 0.05) is 39.5 Å². The molecule has 92 valence electrons. The lowest BCUT2D eigenvalue weighted by molar-refractivity contribution is 0.281. The molecule has 18 heavy (non-hydrogen) atoms. The first-order chi connectivity index (χ1) is 8.72. The Balaban J connectivity index is 2.26. The molecule has 0 saturated heterocycles. The summed E-state index contributed by atoms with van der Waals surface area (Å²) in [7, 11) is 2.05. The molecule has 0 atom stereocenters. The molecule has 0 fully saturated rings. The van der Waals surface area contributed by atoms with Gasteiger partial charge >= 0.3 is 0 Å². The topological polar surface area (TPSA) is 25.2 Å². The number of aromatic nitrogens is 1. The van der Waals surface area contributed by atoms with E-state index in [0.717, 1.165) is 11.3 Å². The summed E-state index contributed by atoms with van der Waals surface area (Å²) >= 11 is 1.76. The minimum absolute atomic E-state index is 0.0990. The zero-order valence-corrected chi connectivity index (χ0v) is 11.3. The Labute approximate surface area is 110 Å². The molecule has 0 unspecified atom stereocenters. The van der Waals surface area contributed by atoms with Crippen molar-refractivity contribution < 1.29 is 5.11 Å². The second-order valence-corrected chi connectivity index (χ2v) is 5.41. The van der Waals surface area contributed by atoms with Crippen molar-refractivity contribution in [2.75, 3.05) is 0 Å². The molecule has 0 radical (unpaired) electrons. The van der Waals surface area contributed by atoms with Gasteiger partial charge in [0.15, 0.2) is 0 Å². The van der Waals surface area contributed by atoms with E-state index in [1.165, 1.54) is 21.3 Å². The number of rotatable bonds is 2. The van der Waals surface area contributed by atoms with Crippen molar-refractivity contribution in [3.05, 3.63) is 47.0 Å². The smallest absolute Gasteiger partial charge is 0.0699 e. The van der Waals surface area contributed by atoms with Crippen molar-refractivity contribution in [2.24, 2.45) is 7.05 Å². The van der Waals surface area contributed by atoms with E-state index in [1.807, 2.05) is 6.92 Å². The third-order valence-corrected chi connectivity index (χ3v) is 4.53. The average Bonchev–Trinajstić information content (AvgIpc) is 2.93. The van der Waals surface area contributed by atoms with Crippen LogP contribution in [0.5, 0.6) is 0 Å². The Morgan fingerprint density at radius 2 is 2.06 bits per heavy atom. The fourth-order valence-corrected chi connectivity index (χ4v) is 3.31. The third-order valence-electron chi connectivity index (χ3n) is 3.57. The van der Waals surface area contributed by atoms with Crippen molar-refractivity contribution in [3.8, 4) is 11.3 Å². The van der Waals surface area contributed by atoms with E-state index in [9.17, 15) is 5.11 Å². The van der Waals surface area contributed by atoms with Gasteiger partial charge in [-0.3, -0.25) is 0 Å². The molecule has 2 nitrogen and oxygen atoms in total. The predicted molar refractivity (Wildman–Crippen MR) is 76.9 cm³/mol. The van der Waals surface area contributed by atoms with Crippen LogP contribution in [0.1, 0.15) is 11.3 Å². The summed E-state index contributed by atoms with van der Waals surface area (Å²) < 4.78 is 3.46. The number of hydrogen-bond donors (Lipinski definition) is 1. The maximum atomic E-state index is 9.36. The first-order valence-corrected chi connectivity index (χ1v) is 6.83. The van der Waals surface area contributed by atoms with Gasteiger partial charge in [-0.15, -0.1) is 11.3 Å². The van der Waals surface area contributed by atoms with Crippen LogP contribution in [-0.2, 0) is 13.7 Å². The lowest BCUT2D eigenvalue weighted by Gasteiger charge is -2.04. The number of nitrogens with zero attached hydrogens (tertiary/aromatic N) is 1. The molecule has 2 aromatic heterocycles. The molecule has 3 aromatic rings. The van der Waals surface area contributed by atoms with Crippen molar-refractivity contribution in [2.45, 2.75) is 13.5 Å². The van der Waals surface area contributed by atoms with Crippen LogP contribution in [0.2, 0.25) is 0 Å². The van der Waals surface area contributed by atoms with Gasteiger partial charge in [-0.1, -0.05) is 18.2 Å². The van der Waals surface area contributed by atoms with Gasteiger partial charge < -0.3 is 9.67 Å². The van der Waals surface area contributed by atoms with Crippen LogP contribution in [0.3, 0.4) is 0 Å². The molecule has 1 aromatic carbocycles. The number of fused-ring (bicyclic) bond motifs is 1. The summed E-state index contributed by atoms with van der Waals surface area (Å²) in [6.45, 7) is 2.14. The highest BCUT2D eigenvalue weighted by atomic mass is 32.1. The normalized spacial score (nSPS) is 11.3. The molecule has 0 aliphatic heterocycles. The zero-order valence-electron chi connectivity index (χ0n) is 10.5. The van der Waals surface area contributed by atoms with Crippen LogP contribution in [0.15, 0.2) is 35.7 Å². The van der Waals surface area contributed by atoms with Crippen LogP contribution in [-0.4, -0.2) is 9.67 Å². The molecular weight excluding hydrogens is 242 g/mol. The Kier molecular flexibility index (Phi) is 2.73. The highest BCUT2D eigenvalue weighted by Gasteiger charge is 2.13. The number of aliphatic hydroxyl groups excluding tert-OH is 1. The fourth-order valence-electron chi connectivity index (χ4n) is 2.36. The Bertz CT molecular complexity index is 708. The maximum absolute atomic E-state index is 9.36. The third kappa shape index (κ3) is 1.59. The van der Waals surface area contributed by atoms with Crippen molar-refractivity contribution >= 4 is 21.4 Å². The number of hydrogen-bond acceptors (Lipinski definition) is 2. The second-order valence-electron chi connectivity index (χ2n) is 4.50. The van der Waals surface area contributed by atoms with Crippen LogP contribution >= 0.6 is 11.3 Å². The highest BCUT2D eigenvalue weighted by molar-refractivity contribution is 7.17. The fraction of sp³-hybridized carbons (Fsp3) is 0.200. The van der Waals surface area contributed by atoms with Crippen LogP contribution in [0.4, 0.5) is 0 Å². The Morgan fingerprint density at radius 3 is 2.78 bits per heavy atom. The molecule has 3 heteroatoms. The van der Waals surface area contributed by atoms with Gasteiger partial charge in [0.2, 0.25) is 0 Å². The number of benzene rings is 1. The van der Waals surface area contributed by atoms with Gasteiger partial charge in [-0.05, 0) is 24.6 Å². The van der Waals surface area contributed by atoms with E-state index in [1.54, 1.807) is 11.3 Å². The van der Waals surface area contributed by atoms with E-state index < -0.39 is 0 Å². The average molecular weight is 257 g/mol. The molecule has 0 aliphatic rings. The molecule has 3 rings (SSSR count). The van der Waals surface area contributed by atoms with Gasteiger partial charge in [0.25, 0.3) is 0 Å². The number of aliphatic hydroxyl groups is 1. The van der Waals surface area contributed by atoms with Gasteiger partial charge in [-0.2, -0.15) is 0 Å². The second kappa shape index (κ2) is 4.26. The summed E-state index contributed by atoms with van der Waals surface area (Å²) in [5.41, 5.74) is 4.56. The summed E-state index contributed by atoms with van der Waals surface area (Å²) in [4.78, 5) is 0. The maximum Gasteiger partial charge on any atom is 0.0699 e. The molecule has 2 heterocycles. The summed E-state index contributed by atoms with van der Waals surface area (Å²) in [5.74, 6) is 0. The van der Waals surface area contributed by atoms with Crippen molar-refractivity contribution in [3.63, 3.8) is 0 Å². The molecule has 0 spiro atoms. The Morgan fingerprint density at radius 1 is 1.28 bits per heavy atom. The van der Waals surface area contributed by atoms with Crippen LogP contribution < -0.4 is 0 Å². The number of thiophene rings is 1. The van der Waals surface area contributed by atoms with E-state index in [0.29, 0.717) is 0 Å². The highest BCUT2D eigenvalue weighted by Crippen LogP contribution is 2.35. The van der Waals surface area contributed by atoms with Crippen LogP contribution in [0.25, 0.3) is 21.3 Å². The summed E-state index contributed by atoms with van der Waals surface area (Å²) in [5, 5.41) is 12.8. The van der Waals surface area contributed by atoms with E-state index in [2.05, 4.69) is 47.3 Å². The quantitative estimate of drug-likeness (QED) is 0.744. The first-order valence-electron chi connectivity index (χ1n) is 5.95. The zero-order chi connectivity index (χ0) is 12.7. The SMILES string of the molecule is Cc1c(CO)cc(-c2csc3ccccc23)n1C.